The fraction of sp³-hybridized carbons (Fsp3) is 0.412. The highest BCUT2D eigenvalue weighted by molar-refractivity contribution is 5.94. The second kappa shape index (κ2) is 9.75. The second-order valence-electron chi connectivity index (χ2n) is 4.96. The molecule has 1 aromatic carbocycles. The number of esters is 1. The lowest BCUT2D eigenvalue weighted by Gasteiger charge is -2.07. The number of hydrogen-bond acceptors (Lipinski definition) is 4. The molecule has 1 N–H and O–H groups in total. The average molecular weight is 289 g/mol. The van der Waals surface area contributed by atoms with E-state index < -0.39 is 5.97 Å². The smallest absolute Gasteiger partial charge is 0.313 e. The number of ketones is 1. The lowest BCUT2D eigenvalue weighted by atomic mass is 10.1. The van der Waals surface area contributed by atoms with Gasteiger partial charge in [-0.25, -0.2) is 0 Å². The predicted octanol–water partition coefficient (Wildman–Crippen LogP) is 2.63. The third kappa shape index (κ3) is 8.63. The van der Waals surface area contributed by atoms with Crippen molar-refractivity contribution in [2.24, 2.45) is 0 Å². The van der Waals surface area contributed by atoms with E-state index >= 15 is 0 Å². The molecule has 0 radical (unpaired) electrons. The molecule has 0 aliphatic heterocycles. The topological polar surface area (TPSA) is 55.4 Å². The highest BCUT2D eigenvalue weighted by Crippen LogP contribution is 2.01. The van der Waals surface area contributed by atoms with E-state index in [0.29, 0.717) is 0 Å². The van der Waals surface area contributed by atoms with Gasteiger partial charge in [0.1, 0.15) is 18.8 Å². The van der Waals surface area contributed by atoms with E-state index in [4.69, 9.17) is 4.74 Å². The van der Waals surface area contributed by atoms with Crippen LogP contribution < -0.4 is 5.32 Å². The Kier molecular flexibility index (Phi) is 7.87. The maximum Gasteiger partial charge on any atom is 0.313 e. The summed E-state index contributed by atoms with van der Waals surface area (Å²) in [6, 6.07) is 10.4. The van der Waals surface area contributed by atoms with Gasteiger partial charge in [-0.2, -0.15) is 0 Å². The molecule has 0 unspecified atom stereocenters. The first-order valence-corrected chi connectivity index (χ1v) is 7.17. The van der Waals surface area contributed by atoms with Crippen LogP contribution in [0.4, 0.5) is 0 Å². The molecule has 21 heavy (non-hydrogen) atoms. The minimum atomic E-state index is -0.476. The summed E-state index contributed by atoms with van der Waals surface area (Å²) in [6.07, 6.45) is 3.73. The van der Waals surface area contributed by atoms with Crippen molar-refractivity contribution in [1.29, 1.82) is 0 Å². The molecule has 1 aromatic rings. The van der Waals surface area contributed by atoms with Crippen LogP contribution in [0.3, 0.4) is 0 Å². The fourth-order valence-corrected chi connectivity index (χ4v) is 1.81. The van der Waals surface area contributed by atoms with Crippen molar-refractivity contribution in [3.8, 4) is 0 Å². The molecule has 0 fully saturated rings. The molecule has 4 heteroatoms. The molecular formula is C17H23NO3. The van der Waals surface area contributed by atoms with Gasteiger partial charge in [0, 0.05) is 12.2 Å². The Morgan fingerprint density at radius 3 is 2.57 bits per heavy atom. The van der Waals surface area contributed by atoms with Crippen LogP contribution in [0.2, 0.25) is 0 Å². The fourth-order valence-electron chi connectivity index (χ4n) is 1.81. The molecule has 0 saturated carbocycles. The van der Waals surface area contributed by atoms with Crippen LogP contribution in [0.15, 0.2) is 42.1 Å². The van der Waals surface area contributed by atoms with Gasteiger partial charge in [-0.1, -0.05) is 30.3 Å². The lowest BCUT2D eigenvalue weighted by Crippen LogP contribution is -2.15. The minimum Gasteiger partial charge on any atom is -0.461 e. The molecule has 0 spiro atoms. The average Bonchev–Trinajstić information content (AvgIpc) is 2.44. The van der Waals surface area contributed by atoms with Gasteiger partial charge in [0.05, 0.1) is 0 Å². The van der Waals surface area contributed by atoms with E-state index in [0.717, 1.165) is 25.1 Å². The SMILES string of the molecule is CC(=O)CC(=O)OC/C=C(/C)NCCCc1ccccc1. The van der Waals surface area contributed by atoms with E-state index in [2.05, 4.69) is 17.4 Å². The second-order valence-corrected chi connectivity index (χ2v) is 4.96. The molecule has 1 rings (SSSR count). The number of nitrogens with one attached hydrogen (secondary N) is 1. The van der Waals surface area contributed by atoms with Crippen LogP contribution in [-0.2, 0) is 20.7 Å². The molecule has 0 aliphatic carbocycles. The van der Waals surface area contributed by atoms with Gasteiger partial charge in [0.25, 0.3) is 0 Å². The molecule has 4 nitrogen and oxygen atoms in total. The Labute approximate surface area is 126 Å². The molecular weight excluding hydrogens is 266 g/mol. The zero-order valence-electron chi connectivity index (χ0n) is 12.7. The van der Waals surface area contributed by atoms with Crippen molar-refractivity contribution >= 4 is 11.8 Å². The largest absolute Gasteiger partial charge is 0.461 e. The van der Waals surface area contributed by atoms with Crippen molar-refractivity contribution in [2.75, 3.05) is 13.2 Å². The van der Waals surface area contributed by atoms with Crippen LogP contribution in [0.5, 0.6) is 0 Å². The Hall–Kier alpha value is -2.10. The van der Waals surface area contributed by atoms with Gasteiger partial charge in [0.15, 0.2) is 0 Å². The Morgan fingerprint density at radius 1 is 1.19 bits per heavy atom. The molecule has 0 atom stereocenters. The zero-order valence-corrected chi connectivity index (χ0v) is 12.7. The Balaban J connectivity index is 2.12. The summed E-state index contributed by atoms with van der Waals surface area (Å²) in [5.74, 6) is -0.657. The maximum absolute atomic E-state index is 11.2. The quantitative estimate of drug-likeness (QED) is 0.431. The van der Waals surface area contributed by atoms with Crippen LogP contribution in [0, 0.1) is 0 Å². The maximum atomic E-state index is 11.2. The van der Waals surface area contributed by atoms with E-state index in [1.807, 2.05) is 25.1 Å². The number of rotatable bonds is 9. The highest BCUT2D eigenvalue weighted by atomic mass is 16.5. The van der Waals surface area contributed by atoms with Crippen molar-refractivity contribution < 1.29 is 14.3 Å². The van der Waals surface area contributed by atoms with Crippen LogP contribution in [0.25, 0.3) is 0 Å². The number of hydrogen-bond donors (Lipinski definition) is 1. The van der Waals surface area contributed by atoms with E-state index in [-0.39, 0.29) is 18.8 Å². The minimum absolute atomic E-state index is 0.155. The van der Waals surface area contributed by atoms with E-state index in [1.165, 1.54) is 12.5 Å². The van der Waals surface area contributed by atoms with Crippen LogP contribution in [-0.4, -0.2) is 24.9 Å². The van der Waals surface area contributed by atoms with Gasteiger partial charge >= 0.3 is 5.97 Å². The molecule has 0 bridgehead atoms. The molecule has 0 aliphatic rings. The summed E-state index contributed by atoms with van der Waals surface area (Å²) >= 11 is 0. The van der Waals surface area contributed by atoms with Gasteiger partial charge in [-0.05, 0) is 38.3 Å². The summed E-state index contributed by atoms with van der Waals surface area (Å²) in [5, 5.41) is 3.27. The number of aryl methyl sites for hydroxylation is 1. The van der Waals surface area contributed by atoms with Crippen molar-refractivity contribution in [3.63, 3.8) is 0 Å². The molecule has 114 valence electrons. The number of benzene rings is 1. The number of ether oxygens (including phenoxy) is 1. The van der Waals surface area contributed by atoms with Gasteiger partial charge < -0.3 is 10.1 Å². The Bertz CT molecular complexity index is 480. The third-order valence-electron chi connectivity index (χ3n) is 2.92. The van der Waals surface area contributed by atoms with Crippen LogP contribution in [0.1, 0.15) is 32.3 Å². The molecule has 0 aromatic heterocycles. The first-order chi connectivity index (χ1) is 10.1. The van der Waals surface area contributed by atoms with Gasteiger partial charge in [0.2, 0.25) is 0 Å². The summed E-state index contributed by atoms with van der Waals surface area (Å²) in [6.45, 7) is 4.38. The molecule has 0 saturated heterocycles. The van der Waals surface area contributed by atoms with E-state index in [9.17, 15) is 9.59 Å². The van der Waals surface area contributed by atoms with Crippen molar-refractivity contribution in [1.82, 2.24) is 5.32 Å². The molecule has 0 amide bonds. The third-order valence-corrected chi connectivity index (χ3v) is 2.92. The monoisotopic (exact) mass is 289 g/mol. The van der Waals surface area contributed by atoms with E-state index in [1.54, 1.807) is 6.08 Å². The summed E-state index contributed by atoms with van der Waals surface area (Å²) in [7, 11) is 0. The lowest BCUT2D eigenvalue weighted by molar-refractivity contribution is -0.144. The first kappa shape index (κ1) is 17.0. The molecule has 0 heterocycles. The zero-order chi connectivity index (χ0) is 15.5. The first-order valence-electron chi connectivity index (χ1n) is 7.17. The predicted molar refractivity (Wildman–Crippen MR) is 82.8 cm³/mol. The Morgan fingerprint density at radius 2 is 1.90 bits per heavy atom. The van der Waals surface area contributed by atoms with Crippen molar-refractivity contribution in [3.05, 3.63) is 47.7 Å². The number of carbonyl (C=O) groups excluding carboxylic acids is 2. The number of carbonyl (C=O) groups is 2. The van der Waals surface area contributed by atoms with Gasteiger partial charge in [-0.3, -0.25) is 9.59 Å². The summed E-state index contributed by atoms with van der Waals surface area (Å²) < 4.78 is 4.92. The normalized spacial score (nSPS) is 11.0. The van der Waals surface area contributed by atoms with Crippen LogP contribution >= 0.6 is 0 Å². The highest BCUT2D eigenvalue weighted by Gasteiger charge is 2.04. The van der Waals surface area contributed by atoms with Gasteiger partial charge in [-0.15, -0.1) is 0 Å². The summed E-state index contributed by atoms with van der Waals surface area (Å²) in [4.78, 5) is 21.9. The standard InChI is InChI=1S/C17H23NO3/c1-14(10-12-21-17(20)13-15(2)19)18-11-6-9-16-7-4-3-5-8-16/h3-5,7-8,10,18H,6,9,11-13H2,1-2H3/b14-10-. The number of Topliss-reactive ketones (excluding diaryl/α,β-unsaturated/α-hetero) is 1. The van der Waals surface area contributed by atoms with Crippen molar-refractivity contribution in [2.45, 2.75) is 33.1 Å². The number of allylic oxidation sites excluding steroid dienone is 1. The summed E-state index contributed by atoms with van der Waals surface area (Å²) in [5.41, 5.74) is 2.30.